The molecule has 8 heteroatoms. The number of amides is 2. The van der Waals surface area contributed by atoms with Crippen molar-refractivity contribution in [1.82, 2.24) is 10.2 Å². The van der Waals surface area contributed by atoms with Crippen molar-refractivity contribution in [1.29, 1.82) is 0 Å². The van der Waals surface area contributed by atoms with Crippen molar-refractivity contribution in [2.24, 2.45) is 5.92 Å². The summed E-state index contributed by atoms with van der Waals surface area (Å²) in [4.78, 5) is 53.3. The zero-order valence-corrected chi connectivity index (χ0v) is 23.4. The molecule has 1 saturated heterocycles. The van der Waals surface area contributed by atoms with Crippen LogP contribution in [0, 0.1) is 5.92 Å². The summed E-state index contributed by atoms with van der Waals surface area (Å²) in [5.74, 6) is -0.602. The molecule has 2 atom stereocenters. The average Bonchev–Trinajstić information content (AvgIpc) is 3.58. The van der Waals surface area contributed by atoms with Gasteiger partial charge in [0, 0.05) is 22.9 Å². The fourth-order valence-corrected chi connectivity index (χ4v) is 6.56. The number of likely N-dealkylation sites (tertiary alicyclic amines) is 1. The van der Waals surface area contributed by atoms with Crippen LogP contribution in [0.2, 0.25) is 0 Å². The van der Waals surface area contributed by atoms with E-state index in [1.165, 1.54) is 0 Å². The number of ether oxygens (including phenoxy) is 1. The molecule has 5 rings (SSSR count). The van der Waals surface area contributed by atoms with Gasteiger partial charge in [0.2, 0.25) is 11.0 Å². The van der Waals surface area contributed by atoms with E-state index < -0.39 is 18.2 Å². The van der Waals surface area contributed by atoms with Gasteiger partial charge in [-0.1, -0.05) is 80.6 Å². The smallest absolute Gasteiger partial charge is 0.407 e. The molecule has 0 aromatic heterocycles. The van der Waals surface area contributed by atoms with Crippen LogP contribution < -0.4 is 5.32 Å². The molecular weight excluding hydrogens is 524 g/mol. The van der Waals surface area contributed by atoms with Crippen LogP contribution in [0.5, 0.6) is 0 Å². The van der Waals surface area contributed by atoms with Gasteiger partial charge >= 0.3 is 6.09 Å². The number of carbonyl (C=O) groups is 4. The van der Waals surface area contributed by atoms with E-state index in [0.717, 1.165) is 40.3 Å². The number of hydrogen-bond acceptors (Lipinski definition) is 6. The van der Waals surface area contributed by atoms with Crippen molar-refractivity contribution in [3.05, 3.63) is 89.5 Å². The lowest BCUT2D eigenvalue weighted by molar-refractivity contribution is -0.138. The zero-order chi connectivity index (χ0) is 28.2. The highest BCUT2D eigenvalue weighted by Gasteiger charge is 2.39. The molecule has 3 aromatic rings. The molecule has 0 spiro atoms. The van der Waals surface area contributed by atoms with Gasteiger partial charge in [-0.2, -0.15) is 0 Å². The SMILES string of the molecule is CC(C)[C@H](NC(=O)OCC1c2ccccc2-c2ccccc21)C(=O)N1CCC[C@@H]1C(=O)Sc1ccccc1C=O. The standard InChI is InChI=1S/C32H32N2O5S/c1-20(2)29(30(36)34-17-9-15-27(34)31(37)40-28-16-8-3-10-21(28)18-35)33-32(38)39-19-26-24-13-6-4-11-22(24)23-12-5-7-14-25(23)26/h3-8,10-14,16,18,20,26-27,29H,9,15,17,19H2,1-2H3,(H,33,38)/t27-,29+/m1/s1. The van der Waals surface area contributed by atoms with Crippen LogP contribution >= 0.6 is 11.8 Å². The molecule has 0 radical (unpaired) electrons. The van der Waals surface area contributed by atoms with Crippen LogP contribution in [0.25, 0.3) is 11.1 Å². The first-order valence-corrected chi connectivity index (χ1v) is 14.4. The molecule has 3 aromatic carbocycles. The Morgan fingerprint density at radius 1 is 0.975 bits per heavy atom. The molecular formula is C32H32N2O5S. The number of hydrogen-bond donors (Lipinski definition) is 1. The predicted octanol–water partition coefficient (Wildman–Crippen LogP) is 5.67. The van der Waals surface area contributed by atoms with Crippen molar-refractivity contribution in [3.8, 4) is 11.1 Å². The van der Waals surface area contributed by atoms with Gasteiger partial charge in [0.15, 0.2) is 6.29 Å². The third-order valence-corrected chi connectivity index (χ3v) is 8.68. The molecule has 2 aliphatic rings. The summed E-state index contributed by atoms with van der Waals surface area (Å²) in [6.45, 7) is 4.29. The number of nitrogens with zero attached hydrogens (tertiary/aromatic N) is 1. The van der Waals surface area contributed by atoms with Crippen molar-refractivity contribution in [2.45, 2.75) is 49.6 Å². The lowest BCUT2D eigenvalue weighted by atomic mass is 9.98. The molecule has 0 bridgehead atoms. The van der Waals surface area contributed by atoms with Crippen molar-refractivity contribution in [3.63, 3.8) is 0 Å². The summed E-state index contributed by atoms with van der Waals surface area (Å²) in [5.41, 5.74) is 4.94. The van der Waals surface area contributed by atoms with E-state index >= 15 is 0 Å². The molecule has 0 saturated carbocycles. The molecule has 1 N–H and O–H groups in total. The summed E-state index contributed by atoms with van der Waals surface area (Å²) in [7, 11) is 0. The molecule has 1 aliphatic heterocycles. The normalized spacial score (nSPS) is 16.8. The third kappa shape index (κ3) is 5.54. The van der Waals surface area contributed by atoms with Gasteiger partial charge in [0.05, 0.1) is 0 Å². The van der Waals surface area contributed by atoms with E-state index in [1.54, 1.807) is 29.2 Å². The zero-order valence-electron chi connectivity index (χ0n) is 22.5. The molecule has 40 heavy (non-hydrogen) atoms. The minimum absolute atomic E-state index is 0.0850. The van der Waals surface area contributed by atoms with E-state index in [9.17, 15) is 19.2 Å². The highest BCUT2D eigenvalue weighted by atomic mass is 32.2. The van der Waals surface area contributed by atoms with Gasteiger partial charge in [-0.3, -0.25) is 14.4 Å². The molecule has 0 unspecified atom stereocenters. The Labute approximate surface area is 238 Å². The number of aldehydes is 1. The first kappa shape index (κ1) is 27.6. The monoisotopic (exact) mass is 556 g/mol. The van der Waals surface area contributed by atoms with Crippen LogP contribution in [0.15, 0.2) is 77.7 Å². The van der Waals surface area contributed by atoms with Gasteiger partial charge in [-0.05, 0) is 58.8 Å². The fraction of sp³-hybridized carbons (Fsp3) is 0.312. The van der Waals surface area contributed by atoms with E-state index in [0.29, 0.717) is 29.8 Å². The van der Waals surface area contributed by atoms with Crippen molar-refractivity contribution < 1.29 is 23.9 Å². The van der Waals surface area contributed by atoms with Gasteiger partial charge in [-0.15, -0.1) is 0 Å². The van der Waals surface area contributed by atoms with Crippen LogP contribution in [0.3, 0.4) is 0 Å². The largest absolute Gasteiger partial charge is 0.449 e. The average molecular weight is 557 g/mol. The highest BCUT2D eigenvalue weighted by Crippen LogP contribution is 2.44. The second-order valence-electron chi connectivity index (χ2n) is 10.5. The van der Waals surface area contributed by atoms with Crippen molar-refractivity contribution in [2.75, 3.05) is 13.2 Å². The van der Waals surface area contributed by atoms with Gasteiger partial charge in [-0.25, -0.2) is 4.79 Å². The van der Waals surface area contributed by atoms with E-state index in [4.69, 9.17) is 4.74 Å². The number of carbonyl (C=O) groups excluding carboxylic acids is 4. The lowest BCUT2D eigenvalue weighted by Gasteiger charge is -2.30. The first-order chi connectivity index (χ1) is 19.4. The Morgan fingerprint density at radius 3 is 2.25 bits per heavy atom. The van der Waals surface area contributed by atoms with Gasteiger partial charge in [0.25, 0.3) is 0 Å². The summed E-state index contributed by atoms with van der Waals surface area (Å²) >= 11 is 0.982. The van der Waals surface area contributed by atoms with Crippen LogP contribution in [-0.4, -0.2) is 53.5 Å². The number of fused-ring (bicyclic) bond motifs is 3. The number of rotatable bonds is 8. The molecule has 1 heterocycles. The molecule has 206 valence electrons. The Hall–Kier alpha value is -3.91. The highest BCUT2D eigenvalue weighted by molar-refractivity contribution is 8.13. The lowest BCUT2D eigenvalue weighted by Crippen LogP contribution is -2.53. The summed E-state index contributed by atoms with van der Waals surface area (Å²) in [6.07, 6.45) is 1.29. The second kappa shape index (κ2) is 12.1. The Balaban J connectivity index is 1.24. The molecule has 2 amide bonds. The topological polar surface area (TPSA) is 92.8 Å². The van der Waals surface area contributed by atoms with E-state index in [2.05, 4.69) is 29.6 Å². The minimum atomic E-state index is -0.837. The Kier molecular flexibility index (Phi) is 8.35. The van der Waals surface area contributed by atoms with Crippen LogP contribution in [-0.2, 0) is 14.3 Å². The number of benzene rings is 3. The summed E-state index contributed by atoms with van der Waals surface area (Å²) in [5, 5.41) is 2.58. The second-order valence-corrected chi connectivity index (χ2v) is 11.5. The predicted molar refractivity (Wildman–Crippen MR) is 154 cm³/mol. The Morgan fingerprint density at radius 2 is 1.60 bits per heavy atom. The maximum absolute atomic E-state index is 13.6. The van der Waals surface area contributed by atoms with Gasteiger partial charge in [0.1, 0.15) is 18.7 Å². The maximum Gasteiger partial charge on any atom is 0.407 e. The van der Waals surface area contributed by atoms with E-state index in [1.807, 2.05) is 38.1 Å². The van der Waals surface area contributed by atoms with Crippen molar-refractivity contribution >= 4 is 35.2 Å². The van der Waals surface area contributed by atoms with Crippen LogP contribution in [0.1, 0.15) is 54.1 Å². The summed E-state index contributed by atoms with van der Waals surface area (Å²) < 4.78 is 5.69. The number of thioether (sulfide) groups is 1. The Bertz CT molecular complexity index is 1390. The minimum Gasteiger partial charge on any atom is -0.449 e. The molecule has 1 fully saturated rings. The molecule has 1 aliphatic carbocycles. The number of nitrogens with one attached hydrogen (secondary N) is 1. The molecule has 7 nitrogen and oxygen atoms in total. The number of alkyl carbamates (subject to hydrolysis) is 1. The fourth-order valence-electron chi connectivity index (χ4n) is 5.58. The first-order valence-electron chi connectivity index (χ1n) is 13.6. The maximum atomic E-state index is 13.6. The third-order valence-electron chi connectivity index (χ3n) is 7.61. The summed E-state index contributed by atoms with van der Waals surface area (Å²) in [6, 6.07) is 21.7. The van der Waals surface area contributed by atoms with E-state index in [-0.39, 0.29) is 29.5 Å². The quantitative estimate of drug-likeness (QED) is 0.284. The van der Waals surface area contributed by atoms with Gasteiger partial charge < -0.3 is 15.0 Å². The van der Waals surface area contributed by atoms with Crippen LogP contribution in [0.4, 0.5) is 4.79 Å².